The van der Waals surface area contributed by atoms with Crippen molar-refractivity contribution in [2.45, 2.75) is 144 Å². The van der Waals surface area contributed by atoms with Crippen molar-refractivity contribution in [3.05, 3.63) is 277 Å². The largest absolute Gasteiger partial charge is 0.498 e. The lowest BCUT2D eigenvalue weighted by atomic mass is 9.81. The third kappa shape index (κ3) is 24.6. The highest BCUT2D eigenvalue weighted by molar-refractivity contribution is 9.10. The second-order valence-electron chi connectivity index (χ2n) is 34.7. The van der Waals surface area contributed by atoms with Crippen molar-refractivity contribution in [1.29, 1.82) is 0 Å². The Bertz CT molecular complexity index is 7020. The number of amides is 1. The van der Waals surface area contributed by atoms with Gasteiger partial charge in [-0.15, -0.1) is 0 Å². The Morgan fingerprint density at radius 2 is 0.775 bits per heavy atom. The van der Waals surface area contributed by atoms with E-state index in [0.717, 1.165) is 126 Å². The van der Waals surface area contributed by atoms with Crippen LogP contribution in [0.2, 0.25) is 0 Å². The maximum absolute atomic E-state index is 13.7. The van der Waals surface area contributed by atoms with Gasteiger partial charge in [-0.05, 0) is 277 Å². The van der Waals surface area contributed by atoms with Gasteiger partial charge >= 0.3 is 32.1 Å². The number of carbonyl (C=O) groups is 4. The maximum atomic E-state index is 13.7. The van der Waals surface area contributed by atoms with Crippen molar-refractivity contribution in [1.82, 2.24) is 64.2 Å². The fraction of sp³-hybridized carbons (Fsp3) is 0.252. The molecule has 18 rings (SSSR count). The average Bonchev–Trinajstić information content (AvgIpc) is 1.32. The molecular formula is C103H106B2Br2F3N17O11. The molecule has 138 heavy (non-hydrogen) atoms. The molecule has 710 valence electrons. The Balaban J connectivity index is 0.000000147. The van der Waals surface area contributed by atoms with Gasteiger partial charge in [0, 0.05) is 163 Å². The minimum absolute atomic E-state index is 0.170. The van der Waals surface area contributed by atoms with Crippen molar-refractivity contribution in [2.24, 2.45) is 5.73 Å². The molecule has 0 aliphatic carbocycles. The van der Waals surface area contributed by atoms with E-state index in [1.165, 1.54) is 57.7 Å². The van der Waals surface area contributed by atoms with Crippen LogP contribution in [0.4, 0.5) is 30.6 Å². The molecule has 0 unspecified atom stereocenters. The summed E-state index contributed by atoms with van der Waals surface area (Å²) in [5, 5.41) is 19.2. The quantitative estimate of drug-likeness (QED) is 0.0193. The number of aromatic nitrogens is 13. The van der Waals surface area contributed by atoms with Crippen LogP contribution in [-0.2, 0) is 71.6 Å². The molecule has 0 bridgehead atoms. The number of primary amides is 1. The first-order chi connectivity index (χ1) is 65.8. The minimum Gasteiger partial charge on any atom is -0.469 e. The van der Waals surface area contributed by atoms with E-state index < -0.39 is 5.91 Å². The minimum atomic E-state index is -0.393. The van der Waals surface area contributed by atoms with E-state index in [-0.39, 0.29) is 84.8 Å². The first-order valence-corrected chi connectivity index (χ1v) is 46.1. The molecule has 2 fully saturated rings. The molecule has 2 aliphatic rings. The number of nitrogens with two attached hydrogens (primary N) is 4. The zero-order valence-corrected chi connectivity index (χ0v) is 82.1. The molecule has 16 aromatic rings. The van der Waals surface area contributed by atoms with Crippen LogP contribution in [0.1, 0.15) is 97.8 Å². The van der Waals surface area contributed by atoms with Crippen LogP contribution in [0.25, 0.3) is 122 Å². The number of ether oxygens (including phenoxy) is 3. The first kappa shape index (κ1) is 101. The van der Waals surface area contributed by atoms with E-state index in [4.69, 9.17) is 56.3 Å². The summed E-state index contributed by atoms with van der Waals surface area (Å²) in [6.45, 7) is 23.8. The average molecular weight is 2000 g/mol. The number of anilines is 3. The van der Waals surface area contributed by atoms with Crippen molar-refractivity contribution < 1.29 is 65.2 Å². The zero-order valence-electron chi connectivity index (χ0n) is 78.9. The lowest BCUT2D eigenvalue weighted by molar-refractivity contribution is -0.141. The summed E-state index contributed by atoms with van der Waals surface area (Å²) in [5.41, 5.74) is 43.6. The number of aromatic amines is 1. The van der Waals surface area contributed by atoms with Gasteiger partial charge in [0.2, 0.25) is 5.91 Å². The predicted molar refractivity (Wildman–Crippen MR) is 541 cm³/mol. The van der Waals surface area contributed by atoms with Crippen LogP contribution >= 0.6 is 31.9 Å². The van der Waals surface area contributed by atoms with Gasteiger partial charge in [-0.2, -0.15) is 15.3 Å². The van der Waals surface area contributed by atoms with E-state index in [1.54, 1.807) is 82.9 Å². The van der Waals surface area contributed by atoms with Crippen LogP contribution in [0.3, 0.4) is 0 Å². The summed E-state index contributed by atoms with van der Waals surface area (Å²) in [6, 6.07) is 50.7. The molecule has 0 spiro atoms. The Kier molecular flexibility index (Phi) is 32.6. The normalized spacial score (nSPS) is 13.6. The lowest BCUT2D eigenvalue weighted by Gasteiger charge is -2.32. The number of alkyl halides is 1. The number of nitrogens with one attached hydrogen (secondary N) is 1. The number of hydrogen-bond donors (Lipinski definition) is 5. The molecular weight excluding hydrogens is 1890 g/mol. The van der Waals surface area contributed by atoms with Gasteiger partial charge < -0.3 is 60.3 Å². The Hall–Kier alpha value is -14.1. The topological polar surface area (TPSA) is 384 Å². The summed E-state index contributed by atoms with van der Waals surface area (Å²) in [7, 11) is 3.47. The molecule has 10 aromatic heterocycles. The number of pyridine rings is 6. The number of fused-ring (bicyclic) bond motifs is 3. The predicted octanol–water partition coefficient (Wildman–Crippen LogP) is 18.9. The standard InChI is InChI=1S/C28H24FN5O2.C27H23FN6O.C21H15BrFN3.C14H22BNO4.C9H15BN2O2.C4H7BrO2/c1-17-9-11-31-25-8-5-19(13-22(17)25)23-14-24(20-15-32-34(16-20)12-10-26(35)36-2)28(30)33-27(23)18-3-6-21(29)7-4-18;1-16-8-10-31-24-7-4-18(12-21(16)24)22-13-23(19-14-32-34(15-19)11-9-25(29)35)27(30)33-26(22)17-2-5-20(28)6-3-17;1-12-8-9-25-19-7-4-14(10-16(12)19)17-11-18(22)21(24)26-20(17)13-2-5-15(23)6-3-13;1-13(2)14(3,4)20-15(19-13)11-6-8-16(10-11)9-7-12(17)18-5;1-8(2)9(3,4)14-10(13-8)7-5-11-12-6-7;1-7-4(6)2-3-5/h3-9,11,13-16H,10,12H2,1-2H3,(H2,30,33);2-8,10,12-15H,9,11H2,1H3,(H2,29,35)(H2,30,33);2-11H,1H3,(H2,24,26);6,8,10H,7,9H2,1-5H3;5-6H,1-4H3,(H,11,12);2-3H2,1H3. The molecule has 2 saturated heterocycles. The fourth-order valence-corrected chi connectivity index (χ4v) is 15.5. The fourth-order valence-electron chi connectivity index (χ4n) is 14.9. The van der Waals surface area contributed by atoms with Crippen LogP contribution < -0.4 is 33.9 Å². The van der Waals surface area contributed by atoms with Gasteiger partial charge in [0.25, 0.3) is 0 Å². The van der Waals surface area contributed by atoms with Crippen molar-refractivity contribution in [3.8, 4) is 89.4 Å². The molecule has 28 nitrogen and oxygen atoms in total. The van der Waals surface area contributed by atoms with E-state index >= 15 is 0 Å². The summed E-state index contributed by atoms with van der Waals surface area (Å²) in [6.07, 6.45) is 21.0. The first-order valence-electron chi connectivity index (χ1n) is 44.2. The number of H-pyrrole nitrogens is 1. The van der Waals surface area contributed by atoms with Gasteiger partial charge in [-0.3, -0.25) is 48.6 Å². The number of esters is 3. The number of carbonyl (C=O) groups excluding carboxylic acids is 4. The number of benzene rings is 6. The van der Waals surface area contributed by atoms with Crippen LogP contribution in [0, 0.1) is 38.2 Å². The van der Waals surface area contributed by atoms with E-state index in [1.807, 2.05) is 184 Å². The molecule has 2 aliphatic heterocycles. The van der Waals surface area contributed by atoms with Crippen LogP contribution in [-0.4, -0.2) is 151 Å². The third-order valence-electron chi connectivity index (χ3n) is 24.2. The van der Waals surface area contributed by atoms with Crippen LogP contribution in [0.5, 0.6) is 0 Å². The molecule has 9 N–H and O–H groups in total. The Morgan fingerprint density at radius 1 is 0.420 bits per heavy atom. The molecule has 1 amide bonds. The molecule has 0 atom stereocenters. The highest BCUT2D eigenvalue weighted by Crippen LogP contribution is 2.44. The molecule has 12 heterocycles. The summed E-state index contributed by atoms with van der Waals surface area (Å²) in [5.74, 6) is -0.972. The molecule has 35 heteroatoms. The second kappa shape index (κ2) is 44.4. The van der Waals surface area contributed by atoms with Gasteiger partial charge in [-0.1, -0.05) is 34.1 Å². The number of nitrogens with zero attached hydrogens (tertiary/aromatic N) is 12. The van der Waals surface area contributed by atoms with Crippen molar-refractivity contribution in [3.63, 3.8) is 0 Å². The maximum Gasteiger partial charge on any atom is 0.498 e. The molecule has 0 saturated carbocycles. The Labute approximate surface area is 814 Å². The number of methoxy groups -OCH3 is 3. The lowest BCUT2D eigenvalue weighted by Crippen LogP contribution is -2.41. The summed E-state index contributed by atoms with van der Waals surface area (Å²) in [4.78, 5) is 71.3. The number of hydrogen-bond acceptors (Lipinski definition) is 23. The zero-order chi connectivity index (χ0) is 99.1. The highest BCUT2D eigenvalue weighted by Gasteiger charge is 2.53. The van der Waals surface area contributed by atoms with Gasteiger partial charge in [-0.25, -0.2) is 28.1 Å². The van der Waals surface area contributed by atoms with Gasteiger partial charge in [0.15, 0.2) is 0 Å². The number of nitrogen functional groups attached to an aromatic ring is 3. The number of halogens is 5. The molecule has 6 aromatic carbocycles. The number of rotatable bonds is 21. The van der Waals surface area contributed by atoms with E-state index in [0.29, 0.717) is 83.5 Å². The Morgan fingerprint density at radius 3 is 1.14 bits per heavy atom. The van der Waals surface area contributed by atoms with Crippen LogP contribution in [0.15, 0.2) is 242 Å². The van der Waals surface area contributed by atoms with Gasteiger partial charge in [0.1, 0.15) is 34.9 Å². The van der Waals surface area contributed by atoms with Crippen molar-refractivity contribution >= 4 is 131 Å². The molecule has 0 radical (unpaired) electrons. The second-order valence-corrected chi connectivity index (χ2v) is 36.4. The third-order valence-corrected chi connectivity index (χ3v) is 25.2. The summed E-state index contributed by atoms with van der Waals surface area (Å²) < 4.78 is 83.9. The highest BCUT2D eigenvalue weighted by atomic mass is 79.9. The number of aryl methyl sites for hydroxylation is 6. The monoisotopic (exact) mass is 1990 g/mol. The van der Waals surface area contributed by atoms with Crippen molar-refractivity contribution in [2.75, 3.05) is 43.9 Å². The van der Waals surface area contributed by atoms with Gasteiger partial charge in [0.05, 0.1) is 120 Å². The smallest absolute Gasteiger partial charge is 0.469 e. The summed E-state index contributed by atoms with van der Waals surface area (Å²) >= 11 is 6.56. The van der Waals surface area contributed by atoms with E-state index in [9.17, 15) is 32.3 Å². The van der Waals surface area contributed by atoms with E-state index in [2.05, 4.69) is 107 Å². The SMILES string of the molecule is CC1(C)OB(c2cn[nH]c2)OC1(C)C.COC(=O)CCBr.COC(=O)CCn1cc(-c2cc(-c3ccc4nccc(C)c4c3)c(-c3ccc(F)cc3)nc2N)cn1.COC(=O)CCn1ccc(B2OC(C)(C)C(C)(C)O2)c1.Cc1ccnc2ccc(-c3cc(-c4cnn(CCC(N)=O)c4)c(N)nc3-c3ccc(F)cc3)cc12.Cc1ccnc2ccc(-c3cc(Br)c(N)nc3-c3ccc(F)cc3)cc12.